The smallest absolute Gasteiger partial charge is 0.299 e. The fraction of sp³-hybridized carbons (Fsp3) is 0.333. The summed E-state index contributed by atoms with van der Waals surface area (Å²) >= 11 is 3.00. The minimum absolute atomic E-state index is 0.170. The summed E-state index contributed by atoms with van der Waals surface area (Å²) in [6, 6.07) is 2.52. The van der Waals surface area contributed by atoms with Crippen LogP contribution in [0.4, 0.5) is 10.1 Å². The second-order valence-corrected chi connectivity index (χ2v) is 4.93. The van der Waals surface area contributed by atoms with E-state index in [0.717, 1.165) is 0 Å². The Morgan fingerprint density at radius 1 is 1.44 bits per heavy atom. The van der Waals surface area contributed by atoms with Crippen LogP contribution >= 0.6 is 15.9 Å². The fourth-order valence-corrected chi connectivity index (χ4v) is 2.14. The van der Waals surface area contributed by atoms with E-state index in [9.17, 15) is 14.0 Å². The first-order chi connectivity index (χ1) is 8.45. The van der Waals surface area contributed by atoms with Crippen molar-refractivity contribution in [2.75, 3.05) is 18.6 Å². The third-order valence-corrected chi connectivity index (χ3v) is 3.46. The van der Waals surface area contributed by atoms with Gasteiger partial charge >= 0.3 is 0 Å². The molecule has 1 heterocycles. The number of benzene rings is 1. The van der Waals surface area contributed by atoms with Crippen LogP contribution in [0.1, 0.15) is 17.3 Å². The molecule has 4 nitrogen and oxygen atoms in total. The second-order valence-electron chi connectivity index (χ2n) is 4.07. The van der Waals surface area contributed by atoms with Crippen molar-refractivity contribution in [2.45, 2.75) is 13.0 Å². The number of hydrogen-bond donors (Lipinski definition) is 0. The zero-order chi connectivity index (χ0) is 13.4. The molecule has 18 heavy (non-hydrogen) atoms. The number of fused-ring (bicyclic) bond motifs is 1. The average molecular weight is 316 g/mol. The molecule has 0 spiro atoms. The summed E-state index contributed by atoms with van der Waals surface area (Å²) in [7, 11) is 1.51. The van der Waals surface area contributed by atoms with Crippen LogP contribution in [0, 0.1) is 5.82 Å². The van der Waals surface area contributed by atoms with Gasteiger partial charge in [0, 0.05) is 7.11 Å². The molecule has 0 bridgehead atoms. The molecule has 0 aromatic heterocycles. The summed E-state index contributed by atoms with van der Waals surface area (Å²) < 4.78 is 18.7. The summed E-state index contributed by atoms with van der Waals surface area (Å²) in [5.74, 6) is -1.77. The zero-order valence-corrected chi connectivity index (χ0v) is 11.5. The summed E-state index contributed by atoms with van der Waals surface area (Å²) in [5.41, 5.74) is 0.520. The van der Waals surface area contributed by atoms with Gasteiger partial charge in [0.2, 0.25) is 0 Å². The SMILES string of the molecule is COC(C)CN1C(=O)C(=O)c2cc(Br)c(F)cc21. The number of hydrogen-bond acceptors (Lipinski definition) is 3. The predicted molar refractivity (Wildman–Crippen MR) is 67.3 cm³/mol. The highest BCUT2D eigenvalue weighted by molar-refractivity contribution is 9.10. The molecule has 6 heteroatoms. The van der Waals surface area contributed by atoms with Crippen LogP contribution in [0.5, 0.6) is 0 Å². The van der Waals surface area contributed by atoms with Gasteiger partial charge in [-0.25, -0.2) is 4.39 Å². The van der Waals surface area contributed by atoms with E-state index in [2.05, 4.69) is 15.9 Å². The van der Waals surface area contributed by atoms with Gasteiger partial charge in [0.1, 0.15) is 5.82 Å². The lowest BCUT2D eigenvalue weighted by molar-refractivity contribution is -0.114. The van der Waals surface area contributed by atoms with E-state index in [1.807, 2.05) is 0 Å². The van der Waals surface area contributed by atoms with Crippen LogP contribution in [0.2, 0.25) is 0 Å². The number of nitrogens with zero attached hydrogens (tertiary/aromatic N) is 1. The number of amides is 1. The van der Waals surface area contributed by atoms with Crippen molar-refractivity contribution in [1.82, 2.24) is 0 Å². The molecule has 1 atom stereocenters. The number of carbonyl (C=O) groups excluding carboxylic acids is 2. The Balaban J connectivity index is 2.45. The molecule has 2 rings (SSSR count). The van der Waals surface area contributed by atoms with Crippen molar-refractivity contribution in [3.8, 4) is 0 Å². The van der Waals surface area contributed by atoms with Crippen LogP contribution in [0.3, 0.4) is 0 Å². The standard InChI is InChI=1S/C12H11BrFNO3/c1-6(18-2)5-15-10-4-9(14)8(13)3-7(10)11(16)12(15)17/h3-4,6H,5H2,1-2H3. The van der Waals surface area contributed by atoms with E-state index in [4.69, 9.17) is 4.74 Å². The number of ether oxygens (including phenoxy) is 1. The molecule has 0 radical (unpaired) electrons. The minimum atomic E-state index is -0.647. The van der Waals surface area contributed by atoms with Crippen LogP contribution in [0.25, 0.3) is 0 Å². The molecule has 1 unspecified atom stereocenters. The van der Waals surface area contributed by atoms with Crippen LogP contribution in [0.15, 0.2) is 16.6 Å². The molecule has 0 N–H and O–H groups in total. The summed E-state index contributed by atoms with van der Waals surface area (Å²) in [6.45, 7) is 1.99. The van der Waals surface area contributed by atoms with Crippen molar-refractivity contribution < 1.29 is 18.7 Å². The molecule has 0 aliphatic carbocycles. The number of Topliss-reactive ketones (excluding diaryl/α,β-unsaturated/α-hetero) is 1. The van der Waals surface area contributed by atoms with Gasteiger partial charge in [0.25, 0.3) is 11.7 Å². The van der Waals surface area contributed by atoms with Gasteiger partial charge in [-0.15, -0.1) is 0 Å². The van der Waals surface area contributed by atoms with Crippen LogP contribution in [-0.2, 0) is 9.53 Å². The highest BCUT2D eigenvalue weighted by atomic mass is 79.9. The summed E-state index contributed by atoms with van der Waals surface area (Å²) in [5, 5.41) is 0. The average Bonchev–Trinajstić information content (AvgIpc) is 2.56. The lowest BCUT2D eigenvalue weighted by Crippen LogP contribution is -2.36. The van der Waals surface area contributed by atoms with E-state index < -0.39 is 17.5 Å². The third-order valence-electron chi connectivity index (χ3n) is 2.86. The monoisotopic (exact) mass is 315 g/mol. The van der Waals surface area contributed by atoms with Gasteiger partial charge in [-0.1, -0.05) is 0 Å². The molecule has 1 amide bonds. The number of halogens is 2. The lowest BCUT2D eigenvalue weighted by atomic mass is 10.1. The highest BCUT2D eigenvalue weighted by Gasteiger charge is 2.37. The van der Waals surface area contributed by atoms with Crippen molar-refractivity contribution in [3.05, 3.63) is 28.0 Å². The van der Waals surface area contributed by atoms with Gasteiger partial charge in [0.05, 0.1) is 28.4 Å². The first kappa shape index (κ1) is 13.2. The Labute approximate surface area is 112 Å². The molecule has 0 saturated carbocycles. The maximum absolute atomic E-state index is 13.5. The van der Waals surface area contributed by atoms with Gasteiger partial charge in [0.15, 0.2) is 0 Å². The Bertz CT molecular complexity index is 532. The van der Waals surface area contributed by atoms with Crippen LogP contribution in [-0.4, -0.2) is 31.4 Å². The van der Waals surface area contributed by atoms with Gasteiger partial charge in [-0.05, 0) is 35.0 Å². The van der Waals surface area contributed by atoms with E-state index in [1.54, 1.807) is 6.92 Å². The van der Waals surface area contributed by atoms with Gasteiger partial charge < -0.3 is 9.64 Å². The zero-order valence-electron chi connectivity index (χ0n) is 9.87. The number of rotatable bonds is 3. The van der Waals surface area contributed by atoms with E-state index >= 15 is 0 Å². The quantitative estimate of drug-likeness (QED) is 0.803. The first-order valence-corrected chi connectivity index (χ1v) is 6.13. The highest BCUT2D eigenvalue weighted by Crippen LogP contribution is 2.33. The molecular formula is C12H11BrFNO3. The normalized spacial score (nSPS) is 16.1. The Morgan fingerprint density at radius 2 is 2.11 bits per heavy atom. The fourth-order valence-electron chi connectivity index (χ4n) is 1.80. The molecule has 1 aliphatic rings. The summed E-state index contributed by atoms with van der Waals surface area (Å²) in [6.07, 6.45) is -0.237. The second kappa shape index (κ2) is 4.78. The van der Waals surface area contributed by atoms with E-state index in [0.29, 0.717) is 5.69 Å². The van der Waals surface area contributed by atoms with E-state index in [-0.39, 0.29) is 22.7 Å². The number of anilines is 1. The number of methoxy groups -OCH3 is 1. The number of carbonyl (C=O) groups is 2. The van der Waals surface area contributed by atoms with Gasteiger partial charge in [-0.2, -0.15) is 0 Å². The molecule has 1 aliphatic heterocycles. The number of ketones is 1. The lowest BCUT2D eigenvalue weighted by Gasteiger charge is -2.20. The van der Waals surface area contributed by atoms with Crippen molar-refractivity contribution in [1.29, 1.82) is 0 Å². The van der Waals surface area contributed by atoms with Crippen molar-refractivity contribution in [3.63, 3.8) is 0 Å². The van der Waals surface area contributed by atoms with Crippen molar-refractivity contribution >= 4 is 33.3 Å². The molecular weight excluding hydrogens is 305 g/mol. The molecule has 0 fully saturated rings. The minimum Gasteiger partial charge on any atom is -0.380 e. The van der Waals surface area contributed by atoms with Crippen LogP contribution < -0.4 is 4.90 Å². The maximum Gasteiger partial charge on any atom is 0.299 e. The summed E-state index contributed by atoms with van der Waals surface area (Å²) in [4.78, 5) is 24.8. The predicted octanol–water partition coefficient (Wildman–Crippen LogP) is 2.15. The third kappa shape index (κ3) is 2.06. The molecule has 96 valence electrons. The Hall–Kier alpha value is -1.27. The van der Waals surface area contributed by atoms with E-state index in [1.165, 1.54) is 24.1 Å². The first-order valence-electron chi connectivity index (χ1n) is 5.33. The topological polar surface area (TPSA) is 46.6 Å². The molecule has 1 aromatic rings. The Kier molecular flexibility index (Phi) is 3.49. The maximum atomic E-state index is 13.5. The molecule has 0 saturated heterocycles. The molecule has 1 aromatic carbocycles. The Morgan fingerprint density at radius 3 is 2.72 bits per heavy atom. The van der Waals surface area contributed by atoms with Gasteiger partial charge in [-0.3, -0.25) is 9.59 Å². The van der Waals surface area contributed by atoms with Crippen molar-refractivity contribution in [2.24, 2.45) is 0 Å². The largest absolute Gasteiger partial charge is 0.380 e.